The molecule has 0 unspecified atom stereocenters. The molecule has 5 rings (SSSR count). The number of nitro groups is 1. The second kappa shape index (κ2) is 8.40. The fourth-order valence-corrected chi connectivity index (χ4v) is 4.87. The van der Waals surface area contributed by atoms with Crippen LogP contribution in [0.25, 0.3) is 10.6 Å². The van der Waals surface area contributed by atoms with Gasteiger partial charge in [-0.25, -0.2) is 9.67 Å². The summed E-state index contributed by atoms with van der Waals surface area (Å²) >= 11 is 3.04. The third-order valence-electron chi connectivity index (χ3n) is 4.72. The lowest BCUT2D eigenvalue weighted by Crippen LogP contribution is -2.11. The number of nitro benzene ring substituents is 1. The summed E-state index contributed by atoms with van der Waals surface area (Å²) < 4.78 is 12.4. The first kappa shape index (κ1) is 20.2. The molecule has 0 N–H and O–H groups in total. The highest BCUT2D eigenvalue weighted by Gasteiger charge is 2.22. The van der Waals surface area contributed by atoms with Crippen LogP contribution in [-0.4, -0.2) is 22.6 Å². The Morgan fingerprint density at radius 3 is 2.72 bits per heavy atom. The summed E-state index contributed by atoms with van der Waals surface area (Å²) in [6.07, 6.45) is 1.46. The van der Waals surface area contributed by atoms with Crippen LogP contribution in [0.5, 0.6) is 11.5 Å². The van der Waals surface area contributed by atoms with Crippen molar-refractivity contribution < 1.29 is 14.4 Å². The number of aromatic nitrogens is 1. The molecule has 1 aliphatic heterocycles. The summed E-state index contributed by atoms with van der Waals surface area (Å²) in [6.45, 7) is 2.05. The van der Waals surface area contributed by atoms with E-state index in [-0.39, 0.29) is 12.5 Å². The lowest BCUT2D eigenvalue weighted by Gasteiger charge is -2.03. The zero-order valence-electron chi connectivity index (χ0n) is 16.8. The van der Waals surface area contributed by atoms with Crippen LogP contribution in [0.4, 0.5) is 11.4 Å². The summed E-state index contributed by atoms with van der Waals surface area (Å²) in [5.74, 6) is 0.807. The van der Waals surface area contributed by atoms with Gasteiger partial charge >= 0.3 is 0 Å². The van der Waals surface area contributed by atoms with E-state index in [0.29, 0.717) is 21.9 Å². The average molecular weight is 465 g/mol. The van der Waals surface area contributed by atoms with Gasteiger partial charge in [0.2, 0.25) is 11.6 Å². The summed E-state index contributed by atoms with van der Waals surface area (Å²) in [4.78, 5) is 17.6. The van der Waals surface area contributed by atoms with Crippen molar-refractivity contribution in [1.29, 1.82) is 0 Å². The smallest absolute Gasteiger partial charge is 0.282 e. The zero-order valence-corrected chi connectivity index (χ0v) is 18.4. The van der Waals surface area contributed by atoms with Gasteiger partial charge in [-0.2, -0.15) is 5.10 Å². The molecule has 0 spiro atoms. The number of hydrogen-bond acceptors (Lipinski definition) is 8. The first-order valence-electron chi connectivity index (χ1n) is 9.57. The van der Waals surface area contributed by atoms with Gasteiger partial charge in [0.1, 0.15) is 0 Å². The minimum Gasteiger partial charge on any atom is -0.454 e. The van der Waals surface area contributed by atoms with E-state index in [1.54, 1.807) is 22.1 Å². The predicted octanol–water partition coefficient (Wildman–Crippen LogP) is 5.34. The summed E-state index contributed by atoms with van der Waals surface area (Å²) in [5, 5.41) is 20.2. The quantitative estimate of drug-likeness (QED) is 0.226. The van der Waals surface area contributed by atoms with Crippen molar-refractivity contribution in [3.8, 4) is 22.1 Å². The monoisotopic (exact) mass is 464 g/mol. The highest BCUT2D eigenvalue weighted by Crippen LogP contribution is 2.37. The number of thiophene rings is 1. The fourth-order valence-electron chi connectivity index (χ4n) is 3.22. The van der Waals surface area contributed by atoms with Gasteiger partial charge in [-0.05, 0) is 42.1 Å². The number of benzene rings is 2. The van der Waals surface area contributed by atoms with Crippen molar-refractivity contribution in [1.82, 2.24) is 4.68 Å². The molecule has 2 aromatic heterocycles. The lowest BCUT2D eigenvalue weighted by atomic mass is 10.1. The van der Waals surface area contributed by atoms with Gasteiger partial charge in [0.05, 0.1) is 39.0 Å². The minimum atomic E-state index is -0.459. The standard InChI is InChI=1S/C22H16N4O4S2/c1-14-4-2-5-16(8-14)24-22-25(18(12-32-22)21-6-3-7-31-21)23-11-15-9-19-20(30-13-29-19)10-17(15)26(27)28/h2-12H,13H2,1H3. The van der Waals surface area contributed by atoms with Crippen LogP contribution in [0.3, 0.4) is 0 Å². The first-order valence-corrected chi connectivity index (χ1v) is 11.3. The molecule has 4 aromatic rings. The molecule has 0 aliphatic carbocycles. The third kappa shape index (κ3) is 3.93. The van der Waals surface area contributed by atoms with Gasteiger partial charge in [-0.3, -0.25) is 10.1 Å². The molecule has 1 aliphatic rings. The Morgan fingerprint density at radius 1 is 1.12 bits per heavy atom. The van der Waals surface area contributed by atoms with E-state index in [2.05, 4.69) is 5.10 Å². The van der Waals surface area contributed by atoms with E-state index in [9.17, 15) is 10.1 Å². The molecule has 0 bridgehead atoms. The second-order valence-corrected chi connectivity index (χ2v) is 8.69. The summed E-state index contributed by atoms with van der Waals surface area (Å²) in [7, 11) is 0. The summed E-state index contributed by atoms with van der Waals surface area (Å²) in [5.41, 5.74) is 2.98. The van der Waals surface area contributed by atoms with Gasteiger partial charge in [0.15, 0.2) is 11.5 Å². The maximum atomic E-state index is 11.6. The molecule has 0 amide bonds. The number of rotatable bonds is 5. The molecule has 10 heteroatoms. The molecule has 0 saturated carbocycles. The molecule has 0 atom stereocenters. The maximum Gasteiger partial charge on any atom is 0.282 e. The molecule has 0 saturated heterocycles. The van der Waals surface area contributed by atoms with Crippen LogP contribution in [0.15, 0.2) is 69.4 Å². The number of fused-ring (bicyclic) bond motifs is 1. The molecular weight excluding hydrogens is 448 g/mol. The third-order valence-corrected chi connectivity index (χ3v) is 6.42. The molecule has 8 nitrogen and oxygen atoms in total. The van der Waals surface area contributed by atoms with Crippen molar-refractivity contribution in [3.63, 3.8) is 0 Å². The fraction of sp³-hybridized carbons (Fsp3) is 0.0909. The molecular formula is C22H16N4O4S2. The SMILES string of the molecule is Cc1cccc(N=c2scc(-c3cccs3)n2N=Cc2cc3c(cc2[N+](=O)[O-])OCO3)c1. The number of nitrogens with zero attached hydrogens (tertiary/aromatic N) is 4. The van der Waals surface area contributed by atoms with E-state index < -0.39 is 4.92 Å². The second-order valence-electron chi connectivity index (χ2n) is 6.91. The Morgan fingerprint density at radius 2 is 1.97 bits per heavy atom. The van der Waals surface area contributed by atoms with Crippen molar-refractivity contribution in [2.75, 3.05) is 6.79 Å². The number of ether oxygens (including phenoxy) is 2. The van der Waals surface area contributed by atoms with Crippen LogP contribution in [0.2, 0.25) is 0 Å². The van der Waals surface area contributed by atoms with Crippen LogP contribution >= 0.6 is 22.7 Å². The number of aryl methyl sites for hydroxylation is 1. The normalized spacial score (nSPS) is 13.2. The molecule has 3 heterocycles. The Labute approximate surface area is 190 Å². The van der Waals surface area contributed by atoms with Gasteiger partial charge < -0.3 is 9.47 Å². The van der Waals surface area contributed by atoms with Crippen molar-refractivity contribution in [2.24, 2.45) is 10.1 Å². The van der Waals surface area contributed by atoms with Gasteiger partial charge in [-0.15, -0.1) is 22.7 Å². The summed E-state index contributed by atoms with van der Waals surface area (Å²) in [6, 6.07) is 14.8. The van der Waals surface area contributed by atoms with Crippen LogP contribution in [-0.2, 0) is 0 Å². The minimum absolute atomic E-state index is 0.0361. The van der Waals surface area contributed by atoms with Crippen LogP contribution in [0.1, 0.15) is 11.1 Å². The first-order chi connectivity index (χ1) is 15.6. The Hall–Kier alpha value is -3.76. The Balaban J connectivity index is 1.64. The predicted molar refractivity (Wildman–Crippen MR) is 124 cm³/mol. The van der Waals surface area contributed by atoms with Crippen molar-refractivity contribution in [2.45, 2.75) is 6.92 Å². The van der Waals surface area contributed by atoms with Gasteiger partial charge in [0.25, 0.3) is 5.69 Å². The highest BCUT2D eigenvalue weighted by molar-refractivity contribution is 7.14. The van der Waals surface area contributed by atoms with E-state index in [4.69, 9.17) is 14.5 Å². The van der Waals surface area contributed by atoms with E-state index in [1.807, 2.05) is 54.1 Å². The molecule has 0 radical (unpaired) electrons. The van der Waals surface area contributed by atoms with Gasteiger partial charge in [-0.1, -0.05) is 18.2 Å². The van der Waals surface area contributed by atoms with Gasteiger partial charge in [0, 0.05) is 5.38 Å². The van der Waals surface area contributed by atoms with Crippen molar-refractivity contribution >= 4 is 40.3 Å². The molecule has 160 valence electrons. The largest absolute Gasteiger partial charge is 0.454 e. The maximum absolute atomic E-state index is 11.6. The number of thiazole rings is 1. The Bertz CT molecular complexity index is 1400. The molecule has 2 aromatic carbocycles. The molecule has 0 fully saturated rings. The average Bonchev–Trinajstić information content (AvgIpc) is 3.52. The highest BCUT2D eigenvalue weighted by atomic mass is 32.1. The van der Waals surface area contributed by atoms with E-state index in [1.165, 1.54) is 23.6 Å². The van der Waals surface area contributed by atoms with Crippen LogP contribution < -0.4 is 14.3 Å². The van der Waals surface area contributed by atoms with E-state index in [0.717, 1.165) is 21.8 Å². The Kier molecular flexibility index (Phi) is 5.29. The van der Waals surface area contributed by atoms with Crippen molar-refractivity contribution in [3.05, 3.63) is 85.3 Å². The topological polar surface area (TPSA) is 91.2 Å². The lowest BCUT2D eigenvalue weighted by molar-refractivity contribution is -0.385. The van der Waals surface area contributed by atoms with E-state index >= 15 is 0 Å². The van der Waals surface area contributed by atoms with Crippen LogP contribution in [0, 0.1) is 17.0 Å². The number of hydrogen-bond donors (Lipinski definition) is 0. The molecule has 32 heavy (non-hydrogen) atoms. The zero-order chi connectivity index (χ0) is 22.1.